The molecule has 9 heteroatoms. The summed E-state index contributed by atoms with van der Waals surface area (Å²) in [6, 6.07) is 19.8. The normalized spacial score (nSPS) is 11.1. The fraction of sp³-hybridized carbons (Fsp3) is 0.130. The maximum Gasteiger partial charge on any atom is 0.412 e. The Morgan fingerprint density at radius 2 is 1.62 bits per heavy atom. The number of amides is 1. The number of nitrogens with one attached hydrogen (secondary N) is 1. The number of anilines is 1. The molecule has 9 nitrogen and oxygen atoms in total. The van der Waals surface area contributed by atoms with Crippen molar-refractivity contribution in [3.05, 3.63) is 66.4 Å². The third-order valence-electron chi connectivity index (χ3n) is 5.08. The Morgan fingerprint density at radius 3 is 2.31 bits per heavy atom. The van der Waals surface area contributed by atoms with Crippen molar-refractivity contribution in [2.45, 2.75) is 13.8 Å². The van der Waals surface area contributed by atoms with Gasteiger partial charge in [0.05, 0.1) is 17.7 Å². The van der Waals surface area contributed by atoms with Crippen LogP contribution >= 0.6 is 0 Å². The van der Waals surface area contributed by atoms with Gasteiger partial charge in [-0.2, -0.15) is 0 Å². The molecule has 1 amide bonds. The van der Waals surface area contributed by atoms with Crippen molar-refractivity contribution in [3.8, 4) is 22.4 Å². The summed E-state index contributed by atoms with van der Waals surface area (Å²) in [6.07, 6.45) is -0.600. The van der Waals surface area contributed by atoms with Crippen LogP contribution in [0.5, 0.6) is 0 Å². The molecule has 0 aliphatic heterocycles. The standard InChI is InChI=1S/C23H19N7O2/c1-3-32-23(31)24-20-14(2)30-22(28-26-20)18-17(15-10-6-4-7-11-15)19(25-27-21(18)29-30)16-12-8-5-9-13-16/h4-13H,3H2,1-2H3,(H,24,31). The monoisotopic (exact) mass is 425 g/mol. The molecule has 0 aliphatic carbocycles. The third-order valence-corrected chi connectivity index (χ3v) is 5.08. The van der Waals surface area contributed by atoms with Crippen LogP contribution in [0.25, 0.3) is 39.1 Å². The first-order chi connectivity index (χ1) is 15.7. The summed E-state index contributed by atoms with van der Waals surface area (Å²) in [4.78, 5) is 11.9. The number of fused-ring (bicyclic) bond motifs is 3. The van der Waals surface area contributed by atoms with Gasteiger partial charge in [-0.1, -0.05) is 60.7 Å². The topological polar surface area (TPSA) is 107 Å². The van der Waals surface area contributed by atoms with Crippen molar-refractivity contribution < 1.29 is 9.53 Å². The van der Waals surface area contributed by atoms with Crippen molar-refractivity contribution in [1.29, 1.82) is 0 Å². The van der Waals surface area contributed by atoms with Crippen molar-refractivity contribution in [2.24, 2.45) is 0 Å². The summed E-state index contributed by atoms with van der Waals surface area (Å²) < 4.78 is 6.56. The number of carbonyl (C=O) groups excluding carboxylic acids is 1. The molecule has 5 aromatic rings. The number of benzene rings is 2. The fourth-order valence-corrected chi connectivity index (χ4v) is 3.62. The predicted molar refractivity (Wildman–Crippen MR) is 120 cm³/mol. The van der Waals surface area contributed by atoms with Crippen LogP contribution in [0.15, 0.2) is 60.7 Å². The van der Waals surface area contributed by atoms with E-state index in [9.17, 15) is 4.79 Å². The number of hydrogen-bond acceptors (Lipinski definition) is 7. The second kappa shape index (κ2) is 8.03. The molecule has 0 radical (unpaired) electrons. The molecule has 3 aromatic heterocycles. The largest absolute Gasteiger partial charge is 0.450 e. The van der Waals surface area contributed by atoms with Crippen LogP contribution < -0.4 is 5.32 Å². The maximum absolute atomic E-state index is 11.9. The Hall–Kier alpha value is -4.40. The van der Waals surface area contributed by atoms with Gasteiger partial charge in [0, 0.05) is 11.1 Å². The van der Waals surface area contributed by atoms with Gasteiger partial charge in [-0.05, 0) is 19.4 Å². The average molecular weight is 425 g/mol. The van der Waals surface area contributed by atoms with Crippen LogP contribution in [0, 0.1) is 6.92 Å². The highest BCUT2D eigenvalue weighted by Gasteiger charge is 2.22. The molecule has 0 spiro atoms. The number of rotatable bonds is 4. The van der Waals surface area contributed by atoms with E-state index in [1.807, 2.05) is 60.7 Å². The molecule has 0 saturated carbocycles. The van der Waals surface area contributed by atoms with Gasteiger partial charge >= 0.3 is 6.09 Å². The van der Waals surface area contributed by atoms with Crippen molar-refractivity contribution in [3.63, 3.8) is 0 Å². The quantitative estimate of drug-likeness (QED) is 0.458. The molecule has 0 aliphatic rings. The average Bonchev–Trinajstić information content (AvgIpc) is 3.21. The molecule has 0 fully saturated rings. The zero-order valence-corrected chi connectivity index (χ0v) is 17.5. The molecule has 2 aromatic carbocycles. The van der Waals surface area contributed by atoms with E-state index in [0.717, 1.165) is 27.8 Å². The first kappa shape index (κ1) is 19.6. The minimum atomic E-state index is -0.600. The lowest BCUT2D eigenvalue weighted by molar-refractivity contribution is 0.167. The minimum Gasteiger partial charge on any atom is -0.450 e. The van der Waals surface area contributed by atoms with Gasteiger partial charge in [0.15, 0.2) is 11.5 Å². The van der Waals surface area contributed by atoms with Gasteiger partial charge < -0.3 is 4.74 Å². The van der Waals surface area contributed by atoms with E-state index in [2.05, 4.69) is 30.8 Å². The van der Waals surface area contributed by atoms with Crippen molar-refractivity contribution >= 4 is 28.6 Å². The van der Waals surface area contributed by atoms with E-state index in [4.69, 9.17) is 4.74 Å². The summed E-state index contributed by atoms with van der Waals surface area (Å²) in [5.41, 5.74) is 5.07. The highest BCUT2D eigenvalue weighted by molar-refractivity contribution is 6.06. The second-order valence-electron chi connectivity index (χ2n) is 7.07. The van der Waals surface area contributed by atoms with E-state index >= 15 is 0 Å². The highest BCUT2D eigenvalue weighted by Crippen LogP contribution is 2.37. The molecule has 0 atom stereocenters. The SMILES string of the molecule is CCOC(=O)Nc1nnc2c3c(-c4ccccc4)c(-c4ccccc4)nnc3nn2c1C. The number of carbonyl (C=O) groups is 1. The summed E-state index contributed by atoms with van der Waals surface area (Å²) in [5, 5.41) is 25.4. The first-order valence-corrected chi connectivity index (χ1v) is 10.1. The van der Waals surface area contributed by atoms with Gasteiger partial charge in [-0.25, -0.2) is 9.31 Å². The lowest BCUT2D eigenvalue weighted by Crippen LogP contribution is -2.17. The molecule has 0 unspecified atom stereocenters. The van der Waals surface area contributed by atoms with Gasteiger partial charge in [0.25, 0.3) is 0 Å². The minimum absolute atomic E-state index is 0.254. The third kappa shape index (κ3) is 3.29. The molecular weight excluding hydrogens is 406 g/mol. The van der Waals surface area contributed by atoms with Crippen LogP contribution in [-0.2, 0) is 4.74 Å². The van der Waals surface area contributed by atoms with Crippen LogP contribution in [0.1, 0.15) is 12.6 Å². The van der Waals surface area contributed by atoms with Crippen molar-refractivity contribution in [2.75, 3.05) is 11.9 Å². The number of aryl methyl sites for hydroxylation is 1. The Kier molecular flexibility index (Phi) is 4.91. The number of nitrogens with zero attached hydrogens (tertiary/aromatic N) is 6. The Balaban J connectivity index is 1.79. The molecule has 0 bridgehead atoms. The predicted octanol–water partition coefficient (Wildman–Crippen LogP) is 4.28. The Labute approximate surface area is 183 Å². The van der Waals surface area contributed by atoms with Crippen LogP contribution in [0.2, 0.25) is 0 Å². The van der Waals surface area contributed by atoms with Crippen LogP contribution in [-0.4, -0.2) is 42.7 Å². The second-order valence-corrected chi connectivity index (χ2v) is 7.07. The molecular formula is C23H19N7O2. The molecule has 5 rings (SSSR count). The number of ether oxygens (including phenoxy) is 1. The molecule has 0 saturated heterocycles. The Bertz CT molecular complexity index is 1430. The summed E-state index contributed by atoms with van der Waals surface area (Å²) in [6.45, 7) is 3.78. The first-order valence-electron chi connectivity index (χ1n) is 10.1. The molecule has 3 heterocycles. The van der Waals surface area contributed by atoms with Crippen LogP contribution in [0.4, 0.5) is 10.6 Å². The summed E-state index contributed by atoms with van der Waals surface area (Å²) in [5.74, 6) is 0.265. The maximum atomic E-state index is 11.9. The van der Waals surface area contributed by atoms with E-state index < -0.39 is 6.09 Å². The Morgan fingerprint density at radius 1 is 0.938 bits per heavy atom. The van der Waals surface area contributed by atoms with Gasteiger partial charge in [0.1, 0.15) is 5.69 Å². The van der Waals surface area contributed by atoms with E-state index in [1.54, 1.807) is 18.4 Å². The molecule has 158 valence electrons. The number of aromatic nitrogens is 6. The van der Waals surface area contributed by atoms with E-state index in [1.165, 1.54) is 0 Å². The van der Waals surface area contributed by atoms with Gasteiger partial charge in [-0.15, -0.1) is 25.5 Å². The van der Waals surface area contributed by atoms with Gasteiger partial charge in [0.2, 0.25) is 5.65 Å². The zero-order valence-electron chi connectivity index (χ0n) is 17.5. The lowest BCUT2D eigenvalue weighted by atomic mass is 9.97. The highest BCUT2D eigenvalue weighted by atomic mass is 16.5. The molecule has 32 heavy (non-hydrogen) atoms. The van der Waals surface area contributed by atoms with E-state index in [0.29, 0.717) is 17.0 Å². The van der Waals surface area contributed by atoms with Gasteiger partial charge in [-0.3, -0.25) is 5.32 Å². The van der Waals surface area contributed by atoms with Crippen molar-refractivity contribution in [1.82, 2.24) is 30.0 Å². The van der Waals surface area contributed by atoms with E-state index in [-0.39, 0.29) is 12.4 Å². The zero-order chi connectivity index (χ0) is 22.1. The smallest absolute Gasteiger partial charge is 0.412 e. The fourth-order valence-electron chi connectivity index (χ4n) is 3.62. The number of hydrogen-bond donors (Lipinski definition) is 1. The molecule has 1 N–H and O–H groups in total. The summed E-state index contributed by atoms with van der Waals surface area (Å²) in [7, 11) is 0. The lowest BCUT2D eigenvalue weighted by Gasteiger charge is -2.10. The van der Waals surface area contributed by atoms with Crippen LogP contribution in [0.3, 0.4) is 0 Å². The summed E-state index contributed by atoms with van der Waals surface area (Å²) >= 11 is 0.